The average Bonchev–Trinajstić information content (AvgIpc) is 2.83. The molecule has 0 saturated heterocycles. The number of nitrogens with one attached hydrogen (secondary N) is 2. The summed E-state index contributed by atoms with van der Waals surface area (Å²) in [6, 6.07) is 18.1. The predicted octanol–water partition coefficient (Wildman–Crippen LogP) is 6.52. The number of hydrogen-bond donors (Lipinski definition) is 2. The molecule has 0 spiro atoms. The van der Waals surface area contributed by atoms with Gasteiger partial charge in [0.2, 0.25) is 0 Å². The molecule has 0 saturated carbocycles. The van der Waals surface area contributed by atoms with E-state index >= 15 is 0 Å². The zero-order chi connectivity index (χ0) is 26.1. The lowest BCUT2D eigenvalue weighted by atomic mass is 10.0. The second kappa shape index (κ2) is 13.3. The van der Waals surface area contributed by atoms with Crippen LogP contribution in [0.3, 0.4) is 0 Å². The van der Waals surface area contributed by atoms with Crippen LogP contribution in [0.25, 0.3) is 0 Å². The van der Waals surface area contributed by atoms with Crippen molar-refractivity contribution >= 4 is 52.8 Å². The summed E-state index contributed by atoms with van der Waals surface area (Å²) in [5.74, 6) is -0.115. The fraction of sp³-hybridized carbons (Fsp3) is 0.222. The van der Waals surface area contributed by atoms with Gasteiger partial charge in [-0.3, -0.25) is 9.59 Å². The van der Waals surface area contributed by atoms with Crippen LogP contribution in [0.1, 0.15) is 41.8 Å². The Hall–Kier alpha value is -3.06. The first kappa shape index (κ1) is 27.5. The average molecular weight is 547 g/mol. The number of benzene rings is 3. The van der Waals surface area contributed by atoms with E-state index in [0.717, 1.165) is 5.56 Å². The molecule has 36 heavy (non-hydrogen) atoms. The Kier molecular flexibility index (Phi) is 10.2. The summed E-state index contributed by atoms with van der Waals surface area (Å²) in [6.07, 6.45) is 1.89. The molecule has 2 N–H and O–H groups in total. The Morgan fingerprint density at radius 3 is 2.33 bits per heavy atom. The first-order chi connectivity index (χ1) is 17.2. The van der Waals surface area contributed by atoms with E-state index in [1.165, 1.54) is 6.21 Å². The molecule has 3 aromatic rings. The summed E-state index contributed by atoms with van der Waals surface area (Å²) in [4.78, 5) is 25.5. The summed E-state index contributed by atoms with van der Waals surface area (Å²) in [5, 5.41) is 8.49. The number of rotatable bonds is 10. The Labute approximate surface area is 225 Å². The molecule has 0 radical (unpaired) electrons. The van der Waals surface area contributed by atoms with Gasteiger partial charge in [0.15, 0.2) is 0 Å². The van der Waals surface area contributed by atoms with Crippen LogP contribution in [0.5, 0.6) is 5.75 Å². The molecular weight excluding hydrogens is 521 g/mol. The van der Waals surface area contributed by atoms with Gasteiger partial charge in [-0.05, 0) is 72.5 Å². The van der Waals surface area contributed by atoms with Gasteiger partial charge in [0.25, 0.3) is 11.8 Å². The third-order valence-electron chi connectivity index (χ3n) is 5.07. The lowest BCUT2D eigenvalue weighted by Crippen LogP contribution is -2.46. The number of halogens is 3. The van der Waals surface area contributed by atoms with Gasteiger partial charge in [0.05, 0.1) is 6.21 Å². The Bertz CT molecular complexity index is 1230. The maximum absolute atomic E-state index is 12.9. The summed E-state index contributed by atoms with van der Waals surface area (Å²) in [7, 11) is 0. The smallest absolute Gasteiger partial charge is 0.262 e. The second-order valence-corrected chi connectivity index (χ2v) is 9.81. The molecule has 188 valence electrons. The third kappa shape index (κ3) is 8.55. The summed E-state index contributed by atoms with van der Waals surface area (Å²) in [6.45, 7) is 4.23. The molecule has 0 aliphatic carbocycles. The number of carbonyl (C=O) groups is 2. The fourth-order valence-electron chi connectivity index (χ4n) is 3.33. The van der Waals surface area contributed by atoms with Gasteiger partial charge < -0.3 is 10.1 Å². The van der Waals surface area contributed by atoms with Gasteiger partial charge >= 0.3 is 0 Å². The highest BCUT2D eigenvalue weighted by molar-refractivity contribution is 6.31. The van der Waals surface area contributed by atoms with Crippen molar-refractivity contribution in [2.75, 3.05) is 0 Å². The van der Waals surface area contributed by atoms with E-state index in [4.69, 9.17) is 39.5 Å². The van der Waals surface area contributed by atoms with Crippen molar-refractivity contribution in [2.24, 2.45) is 11.0 Å². The zero-order valence-electron chi connectivity index (χ0n) is 19.8. The van der Waals surface area contributed by atoms with Crippen molar-refractivity contribution in [3.05, 3.63) is 98.5 Å². The number of carbonyl (C=O) groups excluding carboxylic acids is 2. The van der Waals surface area contributed by atoms with E-state index in [9.17, 15) is 9.59 Å². The molecule has 0 bridgehead atoms. The zero-order valence-corrected chi connectivity index (χ0v) is 22.1. The number of amides is 2. The van der Waals surface area contributed by atoms with E-state index < -0.39 is 11.9 Å². The van der Waals surface area contributed by atoms with Gasteiger partial charge in [-0.15, -0.1) is 0 Å². The fourth-order valence-corrected chi connectivity index (χ4v) is 3.85. The SMILES string of the molecule is CC(C)CC(NC(=O)c1ccc(Cl)cc1)C(=O)N/N=C/c1cc(Cl)ccc1OCc1cccc(Cl)c1. The van der Waals surface area contributed by atoms with Crippen molar-refractivity contribution < 1.29 is 14.3 Å². The highest BCUT2D eigenvalue weighted by Crippen LogP contribution is 2.23. The van der Waals surface area contributed by atoms with Gasteiger partial charge in [0.1, 0.15) is 18.4 Å². The molecule has 3 aromatic carbocycles. The summed E-state index contributed by atoms with van der Waals surface area (Å²) < 4.78 is 5.91. The van der Waals surface area contributed by atoms with Crippen LogP contribution in [-0.4, -0.2) is 24.1 Å². The quantitative estimate of drug-likeness (QED) is 0.224. The van der Waals surface area contributed by atoms with Crippen molar-refractivity contribution in [2.45, 2.75) is 32.9 Å². The van der Waals surface area contributed by atoms with Crippen LogP contribution in [0, 0.1) is 5.92 Å². The van der Waals surface area contributed by atoms with E-state index in [1.54, 1.807) is 48.5 Å². The van der Waals surface area contributed by atoms with Crippen LogP contribution < -0.4 is 15.5 Å². The molecule has 3 rings (SSSR count). The lowest BCUT2D eigenvalue weighted by Gasteiger charge is -2.19. The van der Waals surface area contributed by atoms with Crippen molar-refractivity contribution in [3.63, 3.8) is 0 Å². The van der Waals surface area contributed by atoms with Gasteiger partial charge in [-0.2, -0.15) is 5.10 Å². The largest absolute Gasteiger partial charge is 0.488 e. The first-order valence-corrected chi connectivity index (χ1v) is 12.4. The number of nitrogens with zero attached hydrogens (tertiary/aromatic N) is 1. The first-order valence-electron chi connectivity index (χ1n) is 11.3. The van der Waals surface area contributed by atoms with Crippen molar-refractivity contribution in [1.29, 1.82) is 0 Å². The number of hydrazone groups is 1. The molecule has 6 nitrogen and oxygen atoms in total. The molecule has 1 atom stereocenters. The monoisotopic (exact) mass is 545 g/mol. The number of ether oxygens (including phenoxy) is 1. The summed E-state index contributed by atoms with van der Waals surface area (Å²) >= 11 is 18.1. The molecule has 9 heteroatoms. The normalized spacial score (nSPS) is 11.9. The molecular formula is C27H26Cl3N3O3. The van der Waals surface area contributed by atoms with Gasteiger partial charge in [-0.25, -0.2) is 5.43 Å². The van der Waals surface area contributed by atoms with Crippen LogP contribution in [-0.2, 0) is 11.4 Å². The van der Waals surface area contributed by atoms with E-state index in [1.807, 2.05) is 32.0 Å². The van der Waals surface area contributed by atoms with E-state index in [-0.39, 0.29) is 11.8 Å². The van der Waals surface area contributed by atoms with Crippen LogP contribution in [0.2, 0.25) is 15.1 Å². The molecule has 0 aliphatic rings. The van der Waals surface area contributed by atoms with Crippen LogP contribution in [0.4, 0.5) is 0 Å². The van der Waals surface area contributed by atoms with Gasteiger partial charge in [-0.1, -0.05) is 60.8 Å². The maximum Gasteiger partial charge on any atom is 0.262 e. The minimum atomic E-state index is -0.775. The standard InChI is InChI=1S/C27H26Cl3N3O3/c1-17(2)12-24(32-26(34)19-6-8-21(28)9-7-19)27(35)33-31-15-20-14-23(30)10-11-25(20)36-16-18-4-3-5-22(29)13-18/h3-11,13-15,17,24H,12,16H2,1-2H3,(H,32,34)(H,33,35)/b31-15+. The van der Waals surface area contributed by atoms with E-state index in [2.05, 4.69) is 15.8 Å². The van der Waals surface area contributed by atoms with Crippen LogP contribution in [0.15, 0.2) is 71.8 Å². The maximum atomic E-state index is 12.9. The highest BCUT2D eigenvalue weighted by atomic mass is 35.5. The topological polar surface area (TPSA) is 79.8 Å². The van der Waals surface area contributed by atoms with E-state index in [0.29, 0.717) is 45.0 Å². The Morgan fingerprint density at radius 2 is 1.64 bits per heavy atom. The van der Waals surface area contributed by atoms with Crippen LogP contribution >= 0.6 is 34.8 Å². The minimum Gasteiger partial charge on any atom is -0.488 e. The predicted molar refractivity (Wildman–Crippen MR) is 145 cm³/mol. The van der Waals surface area contributed by atoms with Crippen molar-refractivity contribution in [3.8, 4) is 5.75 Å². The second-order valence-electron chi connectivity index (χ2n) is 8.50. The Morgan fingerprint density at radius 1 is 0.944 bits per heavy atom. The highest BCUT2D eigenvalue weighted by Gasteiger charge is 2.22. The number of hydrogen-bond acceptors (Lipinski definition) is 4. The molecule has 0 aromatic heterocycles. The minimum absolute atomic E-state index is 0.162. The third-order valence-corrected chi connectivity index (χ3v) is 5.79. The molecule has 2 amide bonds. The molecule has 1 unspecified atom stereocenters. The Balaban J connectivity index is 1.67. The summed E-state index contributed by atoms with van der Waals surface area (Å²) in [5.41, 5.74) is 4.40. The van der Waals surface area contributed by atoms with Gasteiger partial charge in [0, 0.05) is 26.2 Å². The molecule has 0 heterocycles. The van der Waals surface area contributed by atoms with Crippen molar-refractivity contribution in [1.82, 2.24) is 10.7 Å². The molecule has 0 aliphatic heterocycles. The lowest BCUT2D eigenvalue weighted by molar-refractivity contribution is -0.123. The molecule has 0 fully saturated rings.